The number of H-pyrrole nitrogens is 2. The highest BCUT2D eigenvalue weighted by Gasteiger charge is 2.04. The molecule has 4 N–H and O–H groups in total. The first-order valence-corrected chi connectivity index (χ1v) is 2.73. The molecule has 0 aliphatic rings. The number of aromatic amines is 2. The summed E-state index contributed by atoms with van der Waals surface area (Å²) >= 11 is 0. The van der Waals surface area contributed by atoms with Gasteiger partial charge in [0, 0.05) is 6.20 Å². The zero-order valence-electron chi connectivity index (χ0n) is 5.38. The van der Waals surface area contributed by atoms with Crippen LogP contribution in [0.3, 0.4) is 0 Å². The van der Waals surface area contributed by atoms with Crippen molar-refractivity contribution in [3.05, 3.63) is 32.6 Å². The lowest BCUT2D eigenvalue weighted by molar-refractivity contribution is 0.0998. The highest BCUT2D eigenvalue weighted by molar-refractivity contribution is 5.91. The molecule has 0 atom stereocenters. The van der Waals surface area contributed by atoms with Gasteiger partial charge in [-0.15, -0.1) is 0 Å². The van der Waals surface area contributed by atoms with Crippen LogP contribution < -0.4 is 17.0 Å². The number of nitrogens with one attached hydrogen (secondary N) is 2. The van der Waals surface area contributed by atoms with Crippen LogP contribution in [-0.4, -0.2) is 15.9 Å². The lowest BCUT2D eigenvalue weighted by Crippen LogP contribution is -2.29. The molecule has 1 aromatic heterocycles. The van der Waals surface area contributed by atoms with Crippen molar-refractivity contribution in [3.63, 3.8) is 0 Å². The maximum atomic E-state index is 10.7. The van der Waals surface area contributed by atoms with Gasteiger partial charge in [0.25, 0.3) is 11.5 Å². The minimum Gasteiger partial charge on any atom is -0.365 e. The van der Waals surface area contributed by atoms with E-state index in [1.165, 1.54) is 0 Å². The van der Waals surface area contributed by atoms with Crippen molar-refractivity contribution in [1.82, 2.24) is 9.97 Å². The summed E-state index contributed by atoms with van der Waals surface area (Å²) in [4.78, 5) is 35.5. The summed E-state index contributed by atoms with van der Waals surface area (Å²) in [6, 6.07) is 0. The Morgan fingerprint density at radius 3 is 2.55 bits per heavy atom. The second-order valence-corrected chi connectivity index (χ2v) is 1.85. The third-order valence-electron chi connectivity index (χ3n) is 1.08. The topological polar surface area (TPSA) is 109 Å². The summed E-state index contributed by atoms with van der Waals surface area (Å²) in [6.07, 6.45) is 0.976. The van der Waals surface area contributed by atoms with Crippen LogP contribution in [0.5, 0.6) is 0 Å². The highest BCUT2D eigenvalue weighted by atomic mass is 16.2. The molecule has 0 aromatic carbocycles. The number of nitrogens with two attached hydrogens (primary N) is 1. The van der Waals surface area contributed by atoms with Crippen molar-refractivity contribution in [2.24, 2.45) is 5.73 Å². The van der Waals surface area contributed by atoms with Gasteiger partial charge in [-0.1, -0.05) is 0 Å². The van der Waals surface area contributed by atoms with Gasteiger partial charge in [-0.2, -0.15) is 0 Å². The van der Waals surface area contributed by atoms with Crippen LogP contribution >= 0.6 is 0 Å². The van der Waals surface area contributed by atoms with Crippen molar-refractivity contribution in [1.29, 1.82) is 0 Å². The minimum atomic E-state index is -0.873. The van der Waals surface area contributed by atoms with E-state index in [9.17, 15) is 14.4 Å². The predicted octanol–water partition coefficient (Wildman–Crippen LogP) is -1.84. The lowest BCUT2D eigenvalue weighted by Gasteiger charge is -1.89. The fourth-order valence-electron chi connectivity index (χ4n) is 0.593. The van der Waals surface area contributed by atoms with Gasteiger partial charge in [0.1, 0.15) is 5.56 Å². The van der Waals surface area contributed by atoms with Crippen molar-refractivity contribution < 1.29 is 4.79 Å². The van der Waals surface area contributed by atoms with Crippen molar-refractivity contribution >= 4 is 5.91 Å². The van der Waals surface area contributed by atoms with E-state index in [1.54, 1.807) is 0 Å². The molecule has 0 radical (unpaired) electrons. The summed E-state index contributed by atoms with van der Waals surface area (Å²) in [6.45, 7) is 0. The number of carbonyl (C=O) groups excluding carboxylic acids is 1. The Labute approximate surface area is 60.1 Å². The smallest absolute Gasteiger partial charge is 0.325 e. The van der Waals surface area contributed by atoms with E-state index in [0.29, 0.717) is 0 Å². The van der Waals surface area contributed by atoms with Gasteiger partial charge in [0.15, 0.2) is 0 Å². The molecule has 11 heavy (non-hydrogen) atoms. The van der Waals surface area contributed by atoms with Crippen LogP contribution in [0, 0.1) is 0 Å². The first-order valence-electron chi connectivity index (χ1n) is 2.73. The SMILES string of the molecule is NC(=O)c1c[nH]c(=O)[nH]c1=O. The quantitative estimate of drug-likeness (QED) is 0.443. The molecule has 0 aliphatic carbocycles. The molecule has 6 nitrogen and oxygen atoms in total. The Morgan fingerprint density at radius 1 is 1.45 bits per heavy atom. The number of hydrogen-bond donors (Lipinski definition) is 3. The van der Waals surface area contributed by atoms with Gasteiger partial charge in [-0.05, 0) is 0 Å². The molecular formula is C5H5N3O3. The number of aromatic nitrogens is 2. The predicted molar refractivity (Wildman–Crippen MR) is 36.2 cm³/mol. The molecule has 0 spiro atoms. The first kappa shape index (κ1) is 7.26. The number of hydrogen-bond acceptors (Lipinski definition) is 3. The van der Waals surface area contributed by atoms with E-state index in [0.717, 1.165) is 6.20 Å². The molecule has 0 aliphatic heterocycles. The number of rotatable bonds is 1. The zero-order valence-corrected chi connectivity index (χ0v) is 5.38. The fourth-order valence-corrected chi connectivity index (χ4v) is 0.593. The Hall–Kier alpha value is -1.85. The average molecular weight is 155 g/mol. The van der Waals surface area contributed by atoms with Crippen LogP contribution in [0.2, 0.25) is 0 Å². The van der Waals surface area contributed by atoms with Crippen LogP contribution in [0.25, 0.3) is 0 Å². The Kier molecular flexibility index (Phi) is 1.59. The molecule has 1 amide bonds. The molecule has 1 rings (SSSR count). The summed E-state index contributed by atoms with van der Waals surface area (Å²) in [5, 5.41) is 0. The molecule has 0 fully saturated rings. The van der Waals surface area contributed by atoms with Gasteiger partial charge in [-0.3, -0.25) is 14.6 Å². The molecule has 1 heterocycles. The van der Waals surface area contributed by atoms with Gasteiger partial charge >= 0.3 is 5.69 Å². The van der Waals surface area contributed by atoms with Crippen molar-refractivity contribution in [2.45, 2.75) is 0 Å². The first-order chi connectivity index (χ1) is 5.11. The van der Waals surface area contributed by atoms with E-state index < -0.39 is 17.2 Å². The largest absolute Gasteiger partial charge is 0.365 e. The van der Waals surface area contributed by atoms with E-state index in [-0.39, 0.29) is 5.56 Å². The Balaban J connectivity index is 3.43. The maximum Gasteiger partial charge on any atom is 0.325 e. The van der Waals surface area contributed by atoms with Gasteiger partial charge in [-0.25, -0.2) is 4.79 Å². The monoisotopic (exact) mass is 155 g/mol. The summed E-state index contributed by atoms with van der Waals surface area (Å²) < 4.78 is 0. The second-order valence-electron chi connectivity index (χ2n) is 1.85. The minimum absolute atomic E-state index is 0.260. The second kappa shape index (κ2) is 2.41. The third kappa shape index (κ3) is 1.34. The van der Waals surface area contributed by atoms with Crippen LogP contribution in [0.15, 0.2) is 15.8 Å². The number of carbonyl (C=O) groups is 1. The third-order valence-corrected chi connectivity index (χ3v) is 1.08. The lowest BCUT2D eigenvalue weighted by atomic mass is 10.3. The maximum absolute atomic E-state index is 10.7. The molecule has 0 bridgehead atoms. The summed E-state index contributed by atoms with van der Waals surface area (Å²) in [7, 11) is 0. The van der Waals surface area contributed by atoms with E-state index in [2.05, 4.69) is 4.98 Å². The summed E-state index contributed by atoms with van der Waals surface area (Å²) in [5.74, 6) is -0.873. The average Bonchev–Trinajstić information content (AvgIpc) is 1.85. The number of amides is 1. The standard InChI is InChI=1S/C5H5N3O3/c6-3(9)2-1-7-5(11)8-4(2)10/h1H,(H2,6,9)(H2,7,8,10,11). The normalized spacial score (nSPS) is 9.45. The van der Waals surface area contributed by atoms with Crippen molar-refractivity contribution in [2.75, 3.05) is 0 Å². The molecule has 58 valence electrons. The molecule has 0 unspecified atom stereocenters. The van der Waals surface area contributed by atoms with Gasteiger partial charge in [0.2, 0.25) is 0 Å². The molecule has 1 aromatic rings. The Morgan fingerprint density at radius 2 is 2.09 bits per heavy atom. The molecule has 0 saturated carbocycles. The van der Waals surface area contributed by atoms with Crippen LogP contribution in [-0.2, 0) is 0 Å². The fraction of sp³-hybridized carbons (Fsp3) is 0. The van der Waals surface area contributed by atoms with Gasteiger partial charge in [0.05, 0.1) is 0 Å². The highest BCUT2D eigenvalue weighted by Crippen LogP contribution is 1.78. The van der Waals surface area contributed by atoms with E-state index >= 15 is 0 Å². The molecule has 6 heteroatoms. The van der Waals surface area contributed by atoms with Crippen LogP contribution in [0.1, 0.15) is 10.4 Å². The van der Waals surface area contributed by atoms with Gasteiger partial charge < -0.3 is 10.7 Å². The van der Waals surface area contributed by atoms with Crippen LogP contribution in [0.4, 0.5) is 0 Å². The number of primary amides is 1. The van der Waals surface area contributed by atoms with Crippen molar-refractivity contribution in [3.8, 4) is 0 Å². The molecular weight excluding hydrogens is 150 g/mol. The molecule has 0 saturated heterocycles. The zero-order chi connectivity index (χ0) is 8.43. The Bertz CT molecular complexity index is 388. The van der Waals surface area contributed by atoms with E-state index in [1.807, 2.05) is 4.98 Å². The van der Waals surface area contributed by atoms with E-state index in [4.69, 9.17) is 5.73 Å². The summed E-state index contributed by atoms with van der Waals surface area (Å²) in [5.41, 5.74) is 3.08.